The van der Waals surface area contributed by atoms with E-state index in [1.54, 1.807) is 7.11 Å². The molecule has 0 unspecified atom stereocenters. The molecule has 1 atom stereocenters. The maximum atomic E-state index is 10.4. The lowest BCUT2D eigenvalue weighted by Crippen LogP contribution is -2.40. The summed E-state index contributed by atoms with van der Waals surface area (Å²) in [5.41, 5.74) is 0.741. The van der Waals surface area contributed by atoms with E-state index in [1.165, 1.54) is 25.7 Å². The maximum absolute atomic E-state index is 10.4. The van der Waals surface area contributed by atoms with Gasteiger partial charge in [0, 0.05) is 18.1 Å². The number of hydrogen-bond acceptors (Lipinski definition) is 3. The molecule has 2 aliphatic rings. The van der Waals surface area contributed by atoms with Gasteiger partial charge in [0.2, 0.25) is 0 Å². The van der Waals surface area contributed by atoms with Gasteiger partial charge in [-0.1, -0.05) is 12.8 Å². The average molecular weight is 262 g/mol. The van der Waals surface area contributed by atoms with Gasteiger partial charge in [-0.2, -0.15) is 0 Å². The van der Waals surface area contributed by atoms with Crippen molar-refractivity contribution < 1.29 is 14.6 Å². The van der Waals surface area contributed by atoms with Gasteiger partial charge in [0.05, 0.1) is 13.2 Å². The van der Waals surface area contributed by atoms with E-state index in [0.29, 0.717) is 0 Å². The third kappa shape index (κ3) is 2.44. The highest BCUT2D eigenvalue weighted by Gasteiger charge is 2.40. The quantitative estimate of drug-likeness (QED) is 0.840. The van der Waals surface area contributed by atoms with E-state index in [2.05, 4.69) is 0 Å². The molecule has 0 saturated heterocycles. The number of aliphatic hydroxyl groups excluding tert-OH is 1. The summed E-state index contributed by atoms with van der Waals surface area (Å²) in [6, 6.07) is 5.71. The summed E-state index contributed by atoms with van der Waals surface area (Å²) in [4.78, 5) is 0. The molecule has 0 aromatic heterocycles. The number of methoxy groups -OCH3 is 1. The van der Waals surface area contributed by atoms with Crippen LogP contribution in [0.5, 0.6) is 11.5 Å². The molecule has 1 aromatic carbocycles. The molecule has 3 heteroatoms. The third-order valence-corrected chi connectivity index (χ3v) is 4.49. The zero-order chi connectivity index (χ0) is 13.3. The SMILES string of the molecule is COc1ccc2c(c1)OC1(CCCCCC1)C[C@H]2O. The van der Waals surface area contributed by atoms with Crippen LogP contribution in [0.3, 0.4) is 0 Å². The fourth-order valence-electron chi connectivity index (χ4n) is 3.42. The Morgan fingerprint density at radius 3 is 2.63 bits per heavy atom. The van der Waals surface area contributed by atoms with E-state index >= 15 is 0 Å². The molecule has 1 N–H and O–H groups in total. The molecule has 1 spiro atoms. The summed E-state index contributed by atoms with van der Waals surface area (Å²) >= 11 is 0. The van der Waals surface area contributed by atoms with E-state index in [-0.39, 0.29) is 5.60 Å². The molecule has 1 aliphatic carbocycles. The van der Waals surface area contributed by atoms with E-state index < -0.39 is 6.10 Å². The Hall–Kier alpha value is -1.22. The third-order valence-electron chi connectivity index (χ3n) is 4.49. The fourth-order valence-corrected chi connectivity index (χ4v) is 3.42. The van der Waals surface area contributed by atoms with Crippen molar-refractivity contribution in [3.63, 3.8) is 0 Å². The maximum Gasteiger partial charge on any atom is 0.129 e. The molecule has 1 aliphatic heterocycles. The number of aliphatic hydroxyl groups is 1. The van der Waals surface area contributed by atoms with Crippen LogP contribution in [0.1, 0.15) is 56.6 Å². The van der Waals surface area contributed by atoms with E-state index in [1.807, 2.05) is 18.2 Å². The molecule has 0 radical (unpaired) electrons. The van der Waals surface area contributed by atoms with E-state index in [0.717, 1.165) is 36.3 Å². The van der Waals surface area contributed by atoms with Gasteiger partial charge in [0.1, 0.15) is 17.1 Å². The summed E-state index contributed by atoms with van der Waals surface area (Å²) in [7, 11) is 1.66. The first kappa shape index (κ1) is 12.8. The molecule has 3 rings (SSSR count). The molecular formula is C16H22O3. The summed E-state index contributed by atoms with van der Waals surface area (Å²) in [5, 5.41) is 10.4. The molecule has 3 nitrogen and oxygen atoms in total. The van der Waals surface area contributed by atoms with Crippen molar-refractivity contribution in [2.75, 3.05) is 7.11 Å². The Bertz CT molecular complexity index is 447. The lowest BCUT2D eigenvalue weighted by Gasteiger charge is -2.40. The van der Waals surface area contributed by atoms with Crippen molar-refractivity contribution in [2.24, 2.45) is 0 Å². The minimum absolute atomic E-state index is 0.157. The number of fused-ring (bicyclic) bond motifs is 1. The zero-order valence-corrected chi connectivity index (χ0v) is 11.5. The first-order valence-corrected chi connectivity index (χ1v) is 7.27. The molecule has 19 heavy (non-hydrogen) atoms. The smallest absolute Gasteiger partial charge is 0.129 e. The monoisotopic (exact) mass is 262 g/mol. The molecular weight excluding hydrogens is 240 g/mol. The molecule has 1 fully saturated rings. The van der Waals surface area contributed by atoms with Gasteiger partial charge < -0.3 is 14.6 Å². The van der Waals surface area contributed by atoms with Crippen LogP contribution in [0.15, 0.2) is 18.2 Å². The van der Waals surface area contributed by atoms with Crippen LogP contribution < -0.4 is 9.47 Å². The Labute approximate surface area is 114 Å². The van der Waals surface area contributed by atoms with Crippen molar-refractivity contribution in [1.82, 2.24) is 0 Å². The molecule has 104 valence electrons. The van der Waals surface area contributed by atoms with Crippen molar-refractivity contribution >= 4 is 0 Å². The highest BCUT2D eigenvalue weighted by molar-refractivity contribution is 5.44. The van der Waals surface area contributed by atoms with Crippen LogP contribution in [-0.4, -0.2) is 17.8 Å². The van der Waals surface area contributed by atoms with Gasteiger partial charge in [0.15, 0.2) is 0 Å². The Kier molecular flexibility index (Phi) is 3.40. The Balaban J connectivity index is 1.92. The van der Waals surface area contributed by atoms with E-state index in [9.17, 15) is 5.11 Å². The van der Waals surface area contributed by atoms with Crippen LogP contribution in [0.4, 0.5) is 0 Å². The van der Waals surface area contributed by atoms with Crippen molar-refractivity contribution in [3.05, 3.63) is 23.8 Å². The first-order chi connectivity index (χ1) is 9.22. The van der Waals surface area contributed by atoms with Crippen LogP contribution in [0.25, 0.3) is 0 Å². The molecule has 0 amide bonds. The van der Waals surface area contributed by atoms with Crippen molar-refractivity contribution in [2.45, 2.75) is 56.7 Å². The molecule has 1 saturated carbocycles. The lowest BCUT2D eigenvalue weighted by atomic mass is 9.83. The Morgan fingerprint density at radius 1 is 1.21 bits per heavy atom. The minimum atomic E-state index is -0.409. The molecule has 0 bridgehead atoms. The zero-order valence-electron chi connectivity index (χ0n) is 11.5. The minimum Gasteiger partial charge on any atom is -0.497 e. The first-order valence-electron chi connectivity index (χ1n) is 7.27. The summed E-state index contributed by atoms with van der Waals surface area (Å²) < 4.78 is 11.6. The second-order valence-electron chi connectivity index (χ2n) is 5.82. The van der Waals surface area contributed by atoms with Crippen molar-refractivity contribution in [1.29, 1.82) is 0 Å². The van der Waals surface area contributed by atoms with Gasteiger partial charge in [0.25, 0.3) is 0 Å². The number of benzene rings is 1. The molecule has 1 heterocycles. The summed E-state index contributed by atoms with van der Waals surface area (Å²) in [6.07, 6.45) is 7.40. The summed E-state index contributed by atoms with van der Waals surface area (Å²) in [5.74, 6) is 1.59. The van der Waals surface area contributed by atoms with Crippen LogP contribution in [0, 0.1) is 0 Å². The number of ether oxygens (including phenoxy) is 2. The fraction of sp³-hybridized carbons (Fsp3) is 0.625. The Morgan fingerprint density at radius 2 is 1.95 bits per heavy atom. The predicted octanol–water partition coefficient (Wildman–Crippen LogP) is 3.60. The van der Waals surface area contributed by atoms with E-state index in [4.69, 9.17) is 9.47 Å². The standard InChI is InChI=1S/C16H22O3/c1-18-12-6-7-13-14(17)11-16(19-15(13)10-12)8-4-2-3-5-9-16/h6-7,10,14,17H,2-5,8-9,11H2,1H3/t14-/m1/s1. The molecule has 1 aromatic rings. The average Bonchev–Trinajstić information content (AvgIpc) is 2.63. The van der Waals surface area contributed by atoms with Crippen molar-refractivity contribution in [3.8, 4) is 11.5 Å². The second-order valence-corrected chi connectivity index (χ2v) is 5.82. The van der Waals surface area contributed by atoms with Crippen LogP contribution >= 0.6 is 0 Å². The van der Waals surface area contributed by atoms with Gasteiger partial charge >= 0.3 is 0 Å². The normalized spacial score (nSPS) is 25.3. The highest BCUT2D eigenvalue weighted by Crippen LogP contribution is 2.46. The van der Waals surface area contributed by atoms with Crippen LogP contribution in [0.2, 0.25) is 0 Å². The van der Waals surface area contributed by atoms with Gasteiger partial charge in [-0.3, -0.25) is 0 Å². The van der Waals surface area contributed by atoms with Gasteiger partial charge in [-0.25, -0.2) is 0 Å². The summed E-state index contributed by atoms with van der Waals surface area (Å²) in [6.45, 7) is 0. The number of hydrogen-bond donors (Lipinski definition) is 1. The predicted molar refractivity (Wildman–Crippen MR) is 73.6 cm³/mol. The number of rotatable bonds is 1. The van der Waals surface area contributed by atoms with Gasteiger partial charge in [-0.15, -0.1) is 0 Å². The van der Waals surface area contributed by atoms with Crippen LogP contribution in [-0.2, 0) is 0 Å². The van der Waals surface area contributed by atoms with Gasteiger partial charge in [-0.05, 0) is 37.8 Å². The lowest BCUT2D eigenvalue weighted by molar-refractivity contribution is -0.0245. The topological polar surface area (TPSA) is 38.7 Å². The highest BCUT2D eigenvalue weighted by atomic mass is 16.5. The largest absolute Gasteiger partial charge is 0.497 e. The second kappa shape index (κ2) is 5.04.